The molecule has 3 rings (SSSR count). The molecular weight excluding hydrogens is 534 g/mol. The number of aryl methyl sites for hydroxylation is 2. The molecule has 1 fully saturated rings. The van der Waals surface area contributed by atoms with Crippen LogP contribution < -0.4 is 14.8 Å². The van der Waals surface area contributed by atoms with Crippen molar-refractivity contribution in [1.29, 1.82) is 5.26 Å². The lowest BCUT2D eigenvalue weighted by Crippen LogP contribution is -2.19. The van der Waals surface area contributed by atoms with Crippen molar-refractivity contribution < 1.29 is 14.3 Å². The lowest BCUT2D eigenvalue weighted by atomic mass is 10.1. The number of carbonyl (C=O) groups is 1. The van der Waals surface area contributed by atoms with Gasteiger partial charge in [-0.1, -0.05) is 15.9 Å². The van der Waals surface area contributed by atoms with Crippen molar-refractivity contribution in [1.82, 2.24) is 5.32 Å². The number of nitrogens with zero attached hydrogens (tertiary/aromatic N) is 2. The molecule has 154 valence electrons. The number of amides is 1. The van der Waals surface area contributed by atoms with Crippen LogP contribution in [0.1, 0.15) is 16.7 Å². The standard InChI is InChI=1S/C21H17Br2N3O3S/c1-11-6-14(7-12(2)18(11)23)25-21-26-20(27)17(30-21)10-13-8-15(22)19(29-5-4-24)16(9-13)28-3/h6-10H,5H2,1-3H3,(H,25,26,27)/b17-10-. The molecule has 0 saturated carbocycles. The lowest BCUT2D eigenvalue weighted by molar-refractivity contribution is -0.115. The van der Waals surface area contributed by atoms with Gasteiger partial charge in [0.15, 0.2) is 23.3 Å². The van der Waals surface area contributed by atoms with Gasteiger partial charge in [-0.2, -0.15) is 5.26 Å². The molecule has 6 nitrogen and oxygen atoms in total. The summed E-state index contributed by atoms with van der Waals surface area (Å²) in [6, 6.07) is 9.39. The molecule has 0 unspecified atom stereocenters. The first-order valence-electron chi connectivity index (χ1n) is 8.76. The zero-order chi connectivity index (χ0) is 21.8. The number of nitriles is 1. The fourth-order valence-electron chi connectivity index (χ4n) is 2.80. The minimum absolute atomic E-state index is 0.0948. The van der Waals surface area contributed by atoms with Crippen molar-refractivity contribution in [2.75, 3.05) is 13.7 Å². The summed E-state index contributed by atoms with van der Waals surface area (Å²) in [4.78, 5) is 17.5. The van der Waals surface area contributed by atoms with Crippen LogP contribution in [0.15, 0.2) is 43.1 Å². The average molecular weight is 551 g/mol. The maximum absolute atomic E-state index is 12.4. The summed E-state index contributed by atoms with van der Waals surface area (Å²) in [5, 5.41) is 12.0. The number of aliphatic imine (C=N–C) groups is 1. The maximum Gasteiger partial charge on any atom is 0.264 e. The van der Waals surface area contributed by atoms with Crippen LogP contribution in [0.4, 0.5) is 5.69 Å². The molecule has 1 N–H and O–H groups in total. The summed E-state index contributed by atoms with van der Waals surface area (Å²) in [5.74, 6) is 0.682. The molecule has 0 spiro atoms. The second kappa shape index (κ2) is 9.69. The molecule has 1 aliphatic rings. The van der Waals surface area contributed by atoms with E-state index in [0.29, 0.717) is 26.0 Å². The number of thioether (sulfide) groups is 1. The van der Waals surface area contributed by atoms with Gasteiger partial charge < -0.3 is 14.8 Å². The topological polar surface area (TPSA) is 83.7 Å². The van der Waals surface area contributed by atoms with Crippen molar-refractivity contribution in [3.05, 3.63) is 54.8 Å². The summed E-state index contributed by atoms with van der Waals surface area (Å²) >= 11 is 8.25. The third-order valence-corrected chi connectivity index (χ3v) is 6.88. The first-order valence-corrected chi connectivity index (χ1v) is 11.2. The van der Waals surface area contributed by atoms with Gasteiger partial charge in [-0.15, -0.1) is 0 Å². The van der Waals surface area contributed by atoms with E-state index in [4.69, 9.17) is 14.7 Å². The third-order valence-electron chi connectivity index (χ3n) is 4.13. The Labute approximate surface area is 195 Å². The van der Waals surface area contributed by atoms with Crippen LogP contribution in [0.2, 0.25) is 0 Å². The minimum atomic E-state index is -0.218. The van der Waals surface area contributed by atoms with E-state index in [1.165, 1.54) is 18.9 Å². The van der Waals surface area contributed by atoms with Crippen molar-refractivity contribution in [3.8, 4) is 17.6 Å². The summed E-state index contributed by atoms with van der Waals surface area (Å²) in [7, 11) is 1.52. The summed E-state index contributed by atoms with van der Waals surface area (Å²) < 4.78 is 12.4. The van der Waals surface area contributed by atoms with Crippen LogP contribution in [0, 0.1) is 25.2 Å². The SMILES string of the molecule is COc1cc(/C=C2\SC(=Nc3cc(C)c(Br)c(C)c3)NC2=O)cc(Br)c1OCC#N. The number of amidine groups is 1. The van der Waals surface area contributed by atoms with E-state index in [2.05, 4.69) is 42.2 Å². The molecule has 0 bridgehead atoms. The van der Waals surface area contributed by atoms with Crippen LogP contribution in [-0.4, -0.2) is 24.8 Å². The van der Waals surface area contributed by atoms with Gasteiger partial charge in [-0.3, -0.25) is 4.79 Å². The number of methoxy groups -OCH3 is 1. The highest BCUT2D eigenvalue weighted by molar-refractivity contribution is 9.10. The summed E-state index contributed by atoms with van der Waals surface area (Å²) in [6.07, 6.45) is 1.75. The number of halogens is 2. The molecule has 1 heterocycles. The lowest BCUT2D eigenvalue weighted by Gasteiger charge is -2.11. The van der Waals surface area contributed by atoms with Gasteiger partial charge in [-0.25, -0.2) is 4.99 Å². The van der Waals surface area contributed by atoms with Gasteiger partial charge in [0.05, 0.1) is 22.2 Å². The van der Waals surface area contributed by atoms with Crippen molar-refractivity contribution in [3.63, 3.8) is 0 Å². The van der Waals surface area contributed by atoms with Gasteiger partial charge in [0.25, 0.3) is 5.91 Å². The first kappa shape index (κ1) is 22.4. The van der Waals surface area contributed by atoms with E-state index in [1.54, 1.807) is 18.2 Å². The third kappa shape index (κ3) is 5.06. The number of rotatable bonds is 5. The Kier molecular flexibility index (Phi) is 7.23. The fraction of sp³-hybridized carbons (Fsp3) is 0.190. The number of ether oxygens (including phenoxy) is 2. The Morgan fingerprint density at radius 2 is 1.93 bits per heavy atom. The molecular formula is C21H17Br2N3O3S. The number of benzene rings is 2. The Balaban J connectivity index is 1.88. The predicted molar refractivity (Wildman–Crippen MR) is 126 cm³/mol. The van der Waals surface area contributed by atoms with Gasteiger partial charge in [0.1, 0.15) is 6.07 Å². The molecule has 0 atom stereocenters. The molecule has 0 aliphatic carbocycles. The van der Waals surface area contributed by atoms with E-state index >= 15 is 0 Å². The molecule has 0 radical (unpaired) electrons. The zero-order valence-electron chi connectivity index (χ0n) is 16.4. The van der Waals surface area contributed by atoms with Crippen molar-refractivity contribution >= 4 is 66.5 Å². The zero-order valence-corrected chi connectivity index (χ0v) is 20.4. The van der Waals surface area contributed by atoms with E-state index in [-0.39, 0.29) is 12.5 Å². The van der Waals surface area contributed by atoms with Crippen molar-refractivity contribution in [2.24, 2.45) is 4.99 Å². The summed E-state index contributed by atoms with van der Waals surface area (Å²) in [6.45, 7) is 3.91. The Hall–Kier alpha value is -2.28. The average Bonchev–Trinajstić information content (AvgIpc) is 3.03. The molecule has 2 aromatic carbocycles. The maximum atomic E-state index is 12.4. The summed E-state index contributed by atoms with van der Waals surface area (Å²) in [5.41, 5.74) is 3.68. The van der Waals surface area contributed by atoms with Crippen LogP contribution >= 0.6 is 43.6 Å². The van der Waals surface area contributed by atoms with E-state index in [0.717, 1.165) is 26.9 Å². The number of hydrogen-bond donors (Lipinski definition) is 1. The second-order valence-electron chi connectivity index (χ2n) is 6.36. The fourth-order valence-corrected chi connectivity index (χ4v) is 4.45. The van der Waals surface area contributed by atoms with Gasteiger partial charge in [0.2, 0.25) is 0 Å². The van der Waals surface area contributed by atoms with Crippen LogP contribution in [0.25, 0.3) is 6.08 Å². The van der Waals surface area contributed by atoms with Gasteiger partial charge >= 0.3 is 0 Å². The monoisotopic (exact) mass is 549 g/mol. The molecule has 30 heavy (non-hydrogen) atoms. The van der Waals surface area contributed by atoms with Gasteiger partial charge in [0, 0.05) is 4.47 Å². The van der Waals surface area contributed by atoms with E-state index in [9.17, 15) is 4.79 Å². The van der Waals surface area contributed by atoms with Crippen LogP contribution in [-0.2, 0) is 4.79 Å². The smallest absolute Gasteiger partial charge is 0.264 e. The molecule has 1 saturated heterocycles. The quantitative estimate of drug-likeness (QED) is 0.488. The van der Waals surface area contributed by atoms with Crippen LogP contribution in [0.3, 0.4) is 0 Å². The first-order chi connectivity index (χ1) is 14.3. The Bertz CT molecular complexity index is 1100. The van der Waals surface area contributed by atoms with E-state index in [1.807, 2.05) is 32.0 Å². The predicted octanol–water partition coefficient (Wildman–Crippen LogP) is 5.63. The minimum Gasteiger partial charge on any atom is -0.493 e. The Morgan fingerprint density at radius 1 is 1.23 bits per heavy atom. The second-order valence-corrected chi connectivity index (χ2v) is 9.03. The Morgan fingerprint density at radius 3 is 2.57 bits per heavy atom. The molecule has 1 aliphatic heterocycles. The largest absolute Gasteiger partial charge is 0.493 e. The highest BCUT2D eigenvalue weighted by Gasteiger charge is 2.24. The van der Waals surface area contributed by atoms with Crippen molar-refractivity contribution in [2.45, 2.75) is 13.8 Å². The van der Waals surface area contributed by atoms with Crippen LogP contribution in [0.5, 0.6) is 11.5 Å². The number of nitrogens with one attached hydrogen (secondary N) is 1. The molecule has 9 heteroatoms. The normalized spacial score (nSPS) is 15.9. The molecule has 2 aromatic rings. The number of hydrogen-bond acceptors (Lipinski definition) is 6. The number of carbonyl (C=O) groups excluding carboxylic acids is 1. The highest BCUT2D eigenvalue weighted by Crippen LogP contribution is 2.38. The molecule has 1 amide bonds. The van der Waals surface area contributed by atoms with Gasteiger partial charge in [-0.05, 0) is 88.6 Å². The van der Waals surface area contributed by atoms with E-state index < -0.39 is 0 Å². The highest BCUT2D eigenvalue weighted by atomic mass is 79.9. The molecule has 0 aromatic heterocycles.